The highest BCUT2D eigenvalue weighted by molar-refractivity contribution is 5.92. The van der Waals surface area contributed by atoms with E-state index >= 15 is 0 Å². The molecule has 0 aliphatic heterocycles. The summed E-state index contributed by atoms with van der Waals surface area (Å²) in [4.78, 5) is 12.5. The first kappa shape index (κ1) is 15.5. The highest BCUT2D eigenvalue weighted by Crippen LogP contribution is 2.42. The molecule has 0 spiro atoms. The highest BCUT2D eigenvalue weighted by atomic mass is 16.1. The Balaban J connectivity index is 1.59. The molecule has 5 nitrogen and oxygen atoms in total. The number of carbonyl (C=O) groups excluding carboxylic acids is 1. The van der Waals surface area contributed by atoms with E-state index in [0.29, 0.717) is 23.8 Å². The summed E-state index contributed by atoms with van der Waals surface area (Å²) >= 11 is 0. The van der Waals surface area contributed by atoms with Crippen molar-refractivity contribution in [2.24, 2.45) is 29.4 Å². The van der Waals surface area contributed by atoms with Crippen molar-refractivity contribution >= 4 is 11.6 Å². The molecular formula is C17H28N4O. The maximum absolute atomic E-state index is 12.5. The third kappa shape index (κ3) is 3.35. The molecule has 2 aliphatic carbocycles. The molecule has 122 valence electrons. The van der Waals surface area contributed by atoms with Crippen molar-refractivity contribution in [3.05, 3.63) is 12.4 Å². The standard InChI is InChI=1S/C17H28N4O/c1-11(2)9-21-10-15(8-19-21)20-17(22)14-6-12-4-3-5-13(7-14)16(12)18/h8,10-14,16H,3-7,9,18H2,1-2H3,(H,20,22). The van der Waals surface area contributed by atoms with Crippen molar-refractivity contribution in [2.45, 2.75) is 58.5 Å². The number of nitrogens with two attached hydrogens (primary N) is 1. The second-order valence-electron chi connectivity index (χ2n) is 7.53. The van der Waals surface area contributed by atoms with Gasteiger partial charge in [-0.25, -0.2) is 0 Å². The van der Waals surface area contributed by atoms with Crippen LogP contribution in [-0.2, 0) is 11.3 Å². The van der Waals surface area contributed by atoms with Crippen molar-refractivity contribution in [3.63, 3.8) is 0 Å². The normalized spacial score (nSPS) is 31.3. The third-order valence-corrected chi connectivity index (χ3v) is 5.24. The molecule has 22 heavy (non-hydrogen) atoms. The van der Waals surface area contributed by atoms with Crippen LogP contribution in [0.5, 0.6) is 0 Å². The molecule has 0 aromatic carbocycles. The van der Waals surface area contributed by atoms with Gasteiger partial charge in [0, 0.05) is 24.7 Å². The predicted octanol–water partition coefficient (Wildman–Crippen LogP) is 2.63. The van der Waals surface area contributed by atoms with Crippen LogP contribution in [0.1, 0.15) is 46.0 Å². The Kier molecular flexibility index (Phi) is 4.52. The van der Waals surface area contributed by atoms with Gasteiger partial charge in [-0.2, -0.15) is 5.10 Å². The van der Waals surface area contributed by atoms with Gasteiger partial charge in [-0.15, -0.1) is 0 Å². The number of amides is 1. The monoisotopic (exact) mass is 304 g/mol. The first-order valence-corrected chi connectivity index (χ1v) is 8.62. The van der Waals surface area contributed by atoms with E-state index in [1.165, 1.54) is 19.3 Å². The Labute approximate surface area is 132 Å². The van der Waals surface area contributed by atoms with Gasteiger partial charge in [-0.05, 0) is 43.4 Å². The average Bonchev–Trinajstić information content (AvgIpc) is 2.84. The lowest BCUT2D eigenvalue weighted by Crippen LogP contribution is -2.48. The Hall–Kier alpha value is -1.36. The molecule has 1 aromatic heterocycles. The molecule has 0 radical (unpaired) electrons. The maximum Gasteiger partial charge on any atom is 0.227 e. The second kappa shape index (κ2) is 6.41. The fourth-order valence-electron chi connectivity index (χ4n) is 4.15. The molecule has 0 saturated heterocycles. The van der Waals surface area contributed by atoms with Gasteiger partial charge in [-0.3, -0.25) is 9.48 Å². The van der Waals surface area contributed by atoms with Crippen molar-refractivity contribution in [2.75, 3.05) is 5.32 Å². The molecule has 2 fully saturated rings. The van der Waals surface area contributed by atoms with Crippen molar-refractivity contribution in [1.29, 1.82) is 0 Å². The molecule has 3 N–H and O–H groups in total. The van der Waals surface area contributed by atoms with Gasteiger partial charge in [0.15, 0.2) is 0 Å². The minimum Gasteiger partial charge on any atom is -0.327 e. The van der Waals surface area contributed by atoms with E-state index in [4.69, 9.17) is 5.73 Å². The lowest BCUT2D eigenvalue weighted by Gasteiger charge is -2.43. The largest absolute Gasteiger partial charge is 0.327 e. The van der Waals surface area contributed by atoms with Crippen LogP contribution in [0.3, 0.4) is 0 Å². The van der Waals surface area contributed by atoms with E-state index in [-0.39, 0.29) is 11.8 Å². The fraction of sp³-hybridized carbons (Fsp3) is 0.765. The van der Waals surface area contributed by atoms with Crippen LogP contribution in [0.4, 0.5) is 5.69 Å². The summed E-state index contributed by atoms with van der Waals surface area (Å²) in [7, 11) is 0. The van der Waals surface area contributed by atoms with E-state index in [2.05, 4.69) is 24.3 Å². The maximum atomic E-state index is 12.5. The summed E-state index contributed by atoms with van der Waals surface area (Å²) in [6.45, 7) is 5.19. The Morgan fingerprint density at radius 2 is 2.09 bits per heavy atom. The number of nitrogens with zero attached hydrogens (tertiary/aromatic N) is 2. The summed E-state index contributed by atoms with van der Waals surface area (Å²) in [6, 6.07) is 0.312. The van der Waals surface area contributed by atoms with Gasteiger partial charge in [0.25, 0.3) is 0 Å². The summed E-state index contributed by atoms with van der Waals surface area (Å²) in [5, 5.41) is 7.35. The summed E-state index contributed by atoms with van der Waals surface area (Å²) in [6.07, 6.45) is 9.22. The highest BCUT2D eigenvalue weighted by Gasteiger charge is 2.40. The fourth-order valence-corrected chi connectivity index (χ4v) is 4.15. The SMILES string of the molecule is CC(C)Cn1cc(NC(=O)C2CC3CCCC(C2)C3N)cn1. The molecule has 2 bridgehead atoms. The van der Waals surface area contributed by atoms with Crippen molar-refractivity contribution in [3.8, 4) is 0 Å². The quantitative estimate of drug-likeness (QED) is 0.898. The van der Waals surface area contributed by atoms with Gasteiger partial charge in [0.05, 0.1) is 11.9 Å². The Bertz CT molecular complexity index is 510. The number of nitrogens with one attached hydrogen (secondary N) is 1. The first-order chi connectivity index (χ1) is 10.5. The minimum atomic E-state index is 0.114. The summed E-state index contributed by atoms with van der Waals surface area (Å²) in [5.74, 6) is 1.87. The van der Waals surface area contributed by atoms with Crippen LogP contribution in [-0.4, -0.2) is 21.7 Å². The van der Waals surface area contributed by atoms with Gasteiger partial charge in [0.2, 0.25) is 5.91 Å². The number of hydrogen-bond donors (Lipinski definition) is 2. The molecule has 2 aliphatic rings. The van der Waals surface area contributed by atoms with Gasteiger partial charge < -0.3 is 11.1 Å². The number of aromatic nitrogens is 2. The Morgan fingerprint density at radius 3 is 2.73 bits per heavy atom. The van der Waals surface area contributed by atoms with Crippen LogP contribution in [0.15, 0.2) is 12.4 Å². The molecule has 3 rings (SSSR count). The molecule has 1 heterocycles. The van der Waals surface area contributed by atoms with Crippen molar-refractivity contribution < 1.29 is 4.79 Å². The predicted molar refractivity (Wildman–Crippen MR) is 87.2 cm³/mol. The number of hydrogen-bond acceptors (Lipinski definition) is 3. The summed E-state index contributed by atoms with van der Waals surface area (Å²) in [5.41, 5.74) is 7.11. The molecule has 5 heteroatoms. The second-order valence-corrected chi connectivity index (χ2v) is 7.53. The molecule has 1 amide bonds. The van der Waals surface area contributed by atoms with E-state index in [1.807, 2.05) is 10.9 Å². The van der Waals surface area contributed by atoms with Crippen LogP contribution in [0, 0.1) is 23.7 Å². The summed E-state index contributed by atoms with van der Waals surface area (Å²) < 4.78 is 1.89. The third-order valence-electron chi connectivity index (χ3n) is 5.24. The number of carbonyl (C=O) groups is 1. The van der Waals surface area contributed by atoms with Crippen LogP contribution >= 0.6 is 0 Å². The van der Waals surface area contributed by atoms with Crippen LogP contribution < -0.4 is 11.1 Å². The molecular weight excluding hydrogens is 276 g/mol. The molecule has 2 saturated carbocycles. The smallest absolute Gasteiger partial charge is 0.227 e. The van der Waals surface area contributed by atoms with E-state index in [0.717, 1.165) is 25.1 Å². The average molecular weight is 304 g/mol. The molecule has 2 unspecified atom stereocenters. The van der Waals surface area contributed by atoms with Crippen molar-refractivity contribution in [1.82, 2.24) is 9.78 Å². The zero-order valence-electron chi connectivity index (χ0n) is 13.7. The van der Waals surface area contributed by atoms with Gasteiger partial charge in [0.1, 0.15) is 0 Å². The number of anilines is 1. The topological polar surface area (TPSA) is 72.9 Å². The molecule has 2 atom stereocenters. The zero-order valence-corrected chi connectivity index (χ0v) is 13.7. The van der Waals surface area contributed by atoms with Gasteiger partial charge >= 0.3 is 0 Å². The number of rotatable bonds is 4. The lowest BCUT2D eigenvalue weighted by atomic mass is 9.65. The van der Waals surface area contributed by atoms with E-state index in [1.54, 1.807) is 6.20 Å². The van der Waals surface area contributed by atoms with E-state index in [9.17, 15) is 4.79 Å². The lowest BCUT2D eigenvalue weighted by molar-refractivity contribution is -0.122. The van der Waals surface area contributed by atoms with Crippen LogP contribution in [0.2, 0.25) is 0 Å². The Morgan fingerprint density at radius 1 is 1.41 bits per heavy atom. The van der Waals surface area contributed by atoms with Gasteiger partial charge in [-0.1, -0.05) is 20.3 Å². The van der Waals surface area contributed by atoms with Crippen LogP contribution in [0.25, 0.3) is 0 Å². The zero-order chi connectivity index (χ0) is 15.7. The first-order valence-electron chi connectivity index (χ1n) is 8.62. The van der Waals surface area contributed by atoms with E-state index < -0.39 is 0 Å². The minimum absolute atomic E-state index is 0.114. The molecule has 1 aromatic rings. The number of fused-ring (bicyclic) bond motifs is 2.